The van der Waals surface area contributed by atoms with Crippen molar-refractivity contribution in [3.8, 4) is 0 Å². The molecular formula is C14H19F2N3O. The number of hydrogen-bond acceptors (Lipinski definition) is 4. The highest BCUT2D eigenvalue weighted by Crippen LogP contribution is 2.32. The number of anilines is 1. The molecule has 1 aromatic rings. The summed E-state index contributed by atoms with van der Waals surface area (Å²) in [6.45, 7) is 1.63. The molecule has 1 unspecified atom stereocenters. The lowest BCUT2D eigenvalue weighted by atomic mass is 9.94. The van der Waals surface area contributed by atoms with Crippen LogP contribution in [0.4, 0.5) is 14.6 Å². The number of ether oxygens (including phenoxy) is 1. The molecule has 4 nitrogen and oxygen atoms in total. The maximum absolute atomic E-state index is 13.7. The van der Waals surface area contributed by atoms with E-state index in [1.165, 1.54) is 0 Å². The molecule has 2 bridgehead atoms. The molecule has 1 aliphatic rings. The fraction of sp³-hybridized carbons (Fsp3) is 0.500. The minimum Gasteiger partial charge on any atom is -0.372 e. The van der Waals surface area contributed by atoms with E-state index in [2.05, 4.69) is 10.4 Å². The largest absolute Gasteiger partial charge is 0.372 e. The summed E-state index contributed by atoms with van der Waals surface area (Å²) in [5.41, 5.74) is 2.72. The van der Waals surface area contributed by atoms with Gasteiger partial charge < -0.3 is 4.74 Å². The van der Waals surface area contributed by atoms with Crippen LogP contribution in [0, 0.1) is 0 Å². The molecule has 110 valence electrons. The number of hydrazine groups is 1. The van der Waals surface area contributed by atoms with Gasteiger partial charge in [0.1, 0.15) is 23.1 Å². The van der Waals surface area contributed by atoms with E-state index in [-0.39, 0.29) is 13.0 Å². The van der Waals surface area contributed by atoms with Crippen LogP contribution in [0.15, 0.2) is 29.9 Å². The first kappa shape index (κ1) is 14.9. The first-order chi connectivity index (χ1) is 9.46. The average molecular weight is 283 g/mol. The molecule has 1 atom stereocenters. The number of pyridine rings is 1. The number of hydrogen-bond donors (Lipinski definition) is 1. The van der Waals surface area contributed by atoms with Gasteiger partial charge in [0.05, 0.1) is 12.2 Å². The summed E-state index contributed by atoms with van der Waals surface area (Å²) in [5, 5.41) is 1.57. The zero-order valence-corrected chi connectivity index (χ0v) is 11.9. The van der Waals surface area contributed by atoms with Crippen molar-refractivity contribution >= 4 is 5.82 Å². The maximum Gasteiger partial charge on any atom is 0.147 e. The van der Waals surface area contributed by atoms with E-state index >= 15 is 0 Å². The van der Waals surface area contributed by atoms with Crippen LogP contribution in [0.3, 0.4) is 0 Å². The van der Waals surface area contributed by atoms with Crippen molar-refractivity contribution in [3.63, 3.8) is 0 Å². The van der Waals surface area contributed by atoms with Crippen LogP contribution < -0.4 is 10.4 Å². The van der Waals surface area contributed by atoms with Crippen molar-refractivity contribution in [2.75, 3.05) is 25.7 Å². The highest BCUT2D eigenvalue weighted by atomic mass is 19.2. The normalized spacial score (nSPS) is 28.1. The Bertz CT molecular complexity index is 521. The van der Waals surface area contributed by atoms with Crippen molar-refractivity contribution in [3.05, 3.63) is 35.5 Å². The average Bonchev–Trinajstić information content (AvgIpc) is 2.49. The minimum absolute atomic E-state index is 0.0204. The predicted molar refractivity (Wildman–Crippen MR) is 73.5 cm³/mol. The first-order valence-corrected chi connectivity index (χ1v) is 6.49. The molecular weight excluding hydrogens is 264 g/mol. The summed E-state index contributed by atoms with van der Waals surface area (Å²) in [7, 11) is 3.26. The van der Waals surface area contributed by atoms with Crippen LogP contribution in [0.25, 0.3) is 0 Å². The van der Waals surface area contributed by atoms with E-state index in [1.54, 1.807) is 25.2 Å². The number of allylic oxidation sites excluding steroid dienone is 1. The SMILES string of the molecule is COC1(C)CC/C(F)=C(/F)CNN(C)c2cccc1n2. The van der Waals surface area contributed by atoms with Crippen LogP contribution >= 0.6 is 0 Å². The van der Waals surface area contributed by atoms with Gasteiger partial charge in [-0.2, -0.15) is 0 Å². The van der Waals surface area contributed by atoms with Gasteiger partial charge in [-0.1, -0.05) is 6.07 Å². The monoisotopic (exact) mass is 283 g/mol. The van der Waals surface area contributed by atoms with Crippen molar-refractivity contribution in [1.82, 2.24) is 10.4 Å². The Kier molecular flexibility index (Phi) is 4.35. The molecule has 2 heterocycles. The summed E-state index contributed by atoms with van der Waals surface area (Å²) in [5.74, 6) is -0.907. The first-order valence-electron chi connectivity index (χ1n) is 6.49. The van der Waals surface area contributed by atoms with Gasteiger partial charge in [0.15, 0.2) is 0 Å². The van der Waals surface area contributed by atoms with Crippen molar-refractivity contribution in [1.29, 1.82) is 0 Å². The second-order valence-electron chi connectivity index (χ2n) is 5.02. The molecule has 0 saturated heterocycles. The molecule has 0 saturated carbocycles. The van der Waals surface area contributed by atoms with Crippen molar-refractivity contribution in [2.45, 2.75) is 25.4 Å². The maximum atomic E-state index is 13.7. The van der Waals surface area contributed by atoms with Crippen LogP contribution in [0.2, 0.25) is 0 Å². The zero-order valence-electron chi connectivity index (χ0n) is 11.9. The molecule has 0 amide bonds. The molecule has 1 aromatic heterocycles. The Morgan fingerprint density at radius 1 is 1.35 bits per heavy atom. The molecule has 0 spiro atoms. The van der Waals surface area contributed by atoms with E-state index in [1.807, 2.05) is 19.1 Å². The second-order valence-corrected chi connectivity index (χ2v) is 5.02. The number of rotatable bonds is 1. The highest BCUT2D eigenvalue weighted by molar-refractivity contribution is 5.38. The Balaban J connectivity index is 2.45. The number of methoxy groups -OCH3 is 1. The van der Waals surface area contributed by atoms with E-state index in [9.17, 15) is 8.78 Å². The minimum atomic E-state index is -0.787. The molecule has 0 radical (unpaired) electrons. The number of fused-ring (bicyclic) bond motifs is 2. The molecule has 0 aromatic carbocycles. The molecule has 1 aliphatic heterocycles. The quantitative estimate of drug-likeness (QED) is 0.860. The number of nitrogens with zero attached hydrogens (tertiary/aromatic N) is 2. The summed E-state index contributed by atoms with van der Waals surface area (Å²) in [4.78, 5) is 4.51. The molecule has 2 rings (SSSR count). The fourth-order valence-electron chi connectivity index (χ4n) is 2.09. The lowest BCUT2D eigenvalue weighted by Crippen LogP contribution is -2.36. The van der Waals surface area contributed by atoms with Crippen LogP contribution in [0.1, 0.15) is 25.5 Å². The number of halogens is 2. The standard InChI is InChI=1S/C14H19F2N3O/c1-14(20-3)8-7-10(15)11(16)9-17-19(2)13-6-4-5-12(14)18-13/h4-6,17H,7-9H2,1-3H3/b11-10-. The third-order valence-electron chi connectivity index (χ3n) is 3.66. The molecule has 0 fully saturated rings. The topological polar surface area (TPSA) is 37.4 Å². The Morgan fingerprint density at radius 2 is 2.10 bits per heavy atom. The van der Waals surface area contributed by atoms with E-state index in [0.29, 0.717) is 17.9 Å². The van der Waals surface area contributed by atoms with Crippen molar-refractivity contribution in [2.24, 2.45) is 0 Å². The van der Waals surface area contributed by atoms with E-state index in [4.69, 9.17) is 4.74 Å². The van der Waals surface area contributed by atoms with Gasteiger partial charge in [0, 0.05) is 20.6 Å². The lowest BCUT2D eigenvalue weighted by molar-refractivity contribution is -0.00989. The highest BCUT2D eigenvalue weighted by Gasteiger charge is 2.29. The second kappa shape index (κ2) is 5.85. The Hall–Kier alpha value is -1.53. The van der Waals surface area contributed by atoms with E-state index in [0.717, 1.165) is 0 Å². The molecule has 20 heavy (non-hydrogen) atoms. The number of aromatic nitrogens is 1. The Labute approximate surface area is 117 Å². The van der Waals surface area contributed by atoms with E-state index < -0.39 is 17.3 Å². The van der Waals surface area contributed by atoms with Gasteiger partial charge in [-0.15, -0.1) is 0 Å². The summed E-state index contributed by atoms with van der Waals surface area (Å²) >= 11 is 0. The number of nitrogens with one attached hydrogen (secondary N) is 1. The van der Waals surface area contributed by atoms with Gasteiger partial charge in [-0.3, -0.25) is 5.01 Å². The van der Waals surface area contributed by atoms with Crippen LogP contribution in [0.5, 0.6) is 0 Å². The molecule has 0 aliphatic carbocycles. The van der Waals surface area contributed by atoms with Crippen LogP contribution in [-0.2, 0) is 10.3 Å². The molecule has 1 N–H and O–H groups in total. The fourth-order valence-corrected chi connectivity index (χ4v) is 2.09. The van der Waals surface area contributed by atoms with Gasteiger partial charge >= 0.3 is 0 Å². The van der Waals surface area contributed by atoms with Gasteiger partial charge in [-0.05, 0) is 25.5 Å². The lowest BCUT2D eigenvalue weighted by Gasteiger charge is -2.28. The van der Waals surface area contributed by atoms with Crippen molar-refractivity contribution < 1.29 is 13.5 Å². The predicted octanol–water partition coefficient (Wildman–Crippen LogP) is 2.83. The molecule has 6 heteroatoms. The summed E-state index contributed by atoms with van der Waals surface area (Å²) in [6, 6.07) is 5.48. The van der Waals surface area contributed by atoms with Crippen LogP contribution in [-0.4, -0.2) is 25.7 Å². The summed E-state index contributed by atoms with van der Waals surface area (Å²) in [6.07, 6.45) is 0.302. The zero-order chi connectivity index (χ0) is 14.8. The van der Waals surface area contributed by atoms with Gasteiger partial charge in [-0.25, -0.2) is 19.2 Å². The van der Waals surface area contributed by atoms with Gasteiger partial charge in [0.2, 0.25) is 0 Å². The third kappa shape index (κ3) is 2.96. The third-order valence-corrected chi connectivity index (χ3v) is 3.66. The Morgan fingerprint density at radius 3 is 2.80 bits per heavy atom. The smallest absolute Gasteiger partial charge is 0.147 e. The summed E-state index contributed by atoms with van der Waals surface area (Å²) < 4.78 is 32.9. The van der Waals surface area contributed by atoms with Gasteiger partial charge in [0.25, 0.3) is 0 Å².